The second-order valence-corrected chi connectivity index (χ2v) is 5.62. The second-order valence-electron chi connectivity index (χ2n) is 5.62. The molecular weight excluding hydrogens is 170 g/mol. The number of hydrogen-bond donors (Lipinski definition) is 0. The minimum atomic E-state index is 0.310. The molecule has 1 aliphatic carbocycles. The zero-order valence-corrected chi connectivity index (χ0v) is 10.0. The minimum Gasteiger partial charge on any atom is -0.287 e. The van der Waals surface area contributed by atoms with Crippen molar-refractivity contribution in [1.82, 2.24) is 4.90 Å². The summed E-state index contributed by atoms with van der Waals surface area (Å²) in [6.45, 7) is 10.2. The first-order valence-electron chi connectivity index (χ1n) is 5.66. The monoisotopic (exact) mass is 193 g/mol. The molecule has 1 heteroatoms. The number of hydrogen-bond acceptors (Lipinski definition) is 1. The average Bonchev–Trinajstić information content (AvgIpc) is 2.86. The van der Waals surface area contributed by atoms with Gasteiger partial charge in [0.1, 0.15) is 0 Å². The largest absolute Gasteiger partial charge is 0.287 e. The Morgan fingerprint density at radius 1 is 1.43 bits per heavy atom. The summed E-state index contributed by atoms with van der Waals surface area (Å²) in [6, 6.07) is 1.09. The van der Waals surface area contributed by atoms with E-state index in [2.05, 4.69) is 38.5 Å². The molecule has 1 rings (SSSR count). The lowest BCUT2D eigenvalue weighted by atomic mass is 9.92. The van der Waals surface area contributed by atoms with Crippen LogP contribution in [0, 0.1) is 17.8 Å². The molecule has 0 amide bonds. The summed E-state index contributed by atoms with van der Waals surface area (Å²) in [5, 5.41) is 0. The third-order valence-electron chi connectivity index (χ3n) is 2.87. The molecule has 0 aliphatic heterocycles. The van der Waals surface area contributed by atoms with Crippen LogP contribution < -0.4 is 0 Å². The van der Waals surface area contributed by atoms with Crippen molar-refractivity contribution in [2.45, 2.75) is 59.0 Å². The maximum atomic E-state index is 5.49. The molecule has 0 N–H and O–H groups in total. The zero-order chi connectivity index (χ0) is 10.8. The minimum absolute atomic E-state index is 0.310. The van der Waals surface area contributed by atoms with Crippen LogP contribution >= 0.6 is 0 Å². The Labute approximate surface area is 88.9 Å². The van der Waals surface area contributed by atoms with Crippen LogP contribution in [0.15, 0.2) is 0 Å². The summed E-state index contributed by atoms with van der Waals surface area (Å²) >= 11 is 0. The molecule has 0 aromatic rings. The molecule has 1 aliphatic rings. The second kappa shape index (κ2) is 4.36. The van der Waals surface area contributed by atoms with Gasteiger partial charge in [0, 0.05) is 12.6 Å². The highest BCUT2D eigenvalue weighted by Gasteiger charge is 2.31. The van der Waals surface area contributed by atoms with Crippen LogP contribution in [0.4, 0.5) is 0 Å². The van der Waals surface area contributed by atoms with Crippen molar-refractivity contribution < 1.29 is 0 Å². The maximum Gasteiger partial charge on any atom is 0.0685 e. The van der Waals surface area contributed by atoms with Crippen molar-refractivity contribution in [3.05, 3.63) is 0 Å². The van der Waals surface area contributed by atoms with E-state index in [1.807, 2.05) is 0 Å². The predicted octanol–water partition coefficient (Wildman–Crippen LogP) is 2.91. The standard InChI is InChI=1S/C13H23N/c1-6-11(2)14(12-7-8-12)10-9-13(3,4)5/h1,11-12H,7-10H2,2-5H3. The lowest BCUT2D eigenvalue weighted by Crippen LogP contribution is -2.36. The van der Waals surface area contributed by atoms with Crippen LogP contribution in [0.1, 0.15) is 47.0 Å². The van der Waals surface area contributed by atoms with Crippen LogP contribution in [0.2, 0.25) is 0 Å². The Kier molecular flexibility index (Phi) is 3.61. The first-order valence-corrected chi connectivity index (χ1v) is 5.66. The van der Waals surface area contributed by atoms with Crippen molar-refractivity contribution in [1.29, 1.82) is 0 Å². The number of rotatable bonds is 4. The fraction of sp³-hybridized carbons (Fsp3) is 0.846. The van der Waals surface area contributed by atoms with Crippen molar-refractivity contribution in [3.8, 4) is 12.3 Å². The summed E-state index contributed by atoms with van der Waals surface area (Å²) in [6.07, 6.45) is 9.40. The number of terminal acetylenes is 1. The summed E-state index contributed by atoms with van der Waals surface area (Å²) in [7, 11) is 0. The third-order valence-corrected chi connectivity index (χ3v) is 2.87. The Bertz CT molecular complexity index is 214. The van der Waals surface area contributed by atoms with E-state index < -0.39 is 0 Å². The summed E-state index contributed by atoms with van der Waals surface area (Å²) in [5.74, 6) is 2.85. The molecule has 1 atom stereocenters. The van der Waals surface area contributed by atoms with Gasteiger partial charge >= 0.3 is 0 Å². The molecule has 1 fully saturated rings. The molecule has 0 radical (unpaired) electrons. The van der Waals surface area contributed by atoms with Gasteiger partial charge in [0.25, 0.3) is 0 Å². The van der Waals surface area contributed by atoms with Crippen molar-refractivity contribution in [2.24, 2.45) is 5.41 Å². The van der Waals surface area contributed by atoms with Crippen molar-refractivity contribution in [3.63, 3.8) is 0 Å². The van der Waals surface area contributed by atoms with Gasteiger partial charge in [0.15, 0.2) is 0 Å². The normalized spacial score (nSPS) is 19.4. The molecule has 0 aromatic carbocycles. The summed E-state index contributed by atoms with van der Waals surface area (Å²) < 4.78 is 0. The van der Waals surface area contributed by atoms with Crippen LogP contribution in [0.5, 0.6) is 0 Å². The van der Waals surface area contributed by atoms with E-state index in [-0.39, 0.29) is 0 Å². The van der Waals surface area contributed by atoms with Crippen LogP contribution in [-0.4, -0.2) is 23.5 Å². The Balaban J connectivity index is 2.41. The van der Waals surface area contributed by atoms with E-state index in [0.29, 0.717) is 11.5 Å². The molecular formula is C13H23N. The van der Waals surface area contributed by atoms with E-state index in [4.69, 9.17) is 6.42 Å². The molecule has 0 saturated heterocycles. The van der Waals surface area contributed by atoms with Crippen molar-refractivity contribution in [2.75, 3.05) is 6.54 Å². The molecule has 14 heavy (non-hydrogen) atoms. The molecule has 1 nitrogen and oxygen atoms in total. The van der Waals surface area contributed by atoms with Gasteiger partial charge in [-0.05, 0) is 31.6 Å². The summed E-state index contributed by atoms with van der Waals surface area (Å²) in [4.78, 5) is 2.49. The van der Waals surface area contributed by atoms with E-state index in [1.54, 1.807) is 0 Å². The van der Waals surface area contributed by atoms with Crippen LogP contribution in [-0.2, 0) is 0 Å². The zero-order valence-electron chi connectivity index (χ0n) is 10.0. The smallest absolute Gasteiger partial charge is 0.0685 e. The van der Waals surface area contributed by atoms with Gasteiger partial charge in [-0.1, -0.05) is 26.7 Å². The first kappa shape index (κ1) is 11.6. The SMILES string of the molecule is C#CC(C)N(CCC(C)(C)C)C1CC1. The fourth-order valence-corrected chi connectivity index (χ4v) is 1.66. The molecule has 0 bridgehead atoms. The fourth-order valence-electron chi connectivity index (χ4n) is 1.66. The van der Waals surface area contributed by atoms with Gasteiger partial charge in [-0.2, -0.15) is 0 Å². The highest BCUT2D eigenvalue weighted by Crippen LogP contribution is 2.30. The van der Waals surface area contributed by atoms with E-state index in [9.17, 15) is 0 Å². The maximum absolute atomic E-state index is 5.49. The van der Waals surface area contributed by atoms with E-state index >= 15 is 0 Å². The van der Waals surface area contributed by atoms with Gasteiger partial charge in [-0.15, -0.1) is 6.42 Å². The quantitative estimate of drug-likeness (QED) is 0.621. The summed E-state index contributed by atoms with van der Waals surface area (Å²) in [5.41, 5.74) is 0.418. The highest BCUT2D eigenvalue weighted by molar-refractivity contribution is 5.01. The molecule has 0 spiro atoms. The third kappa shape index (κ3) is 3.72. The molecule has 0 heterocycles. The van der Waals surface area contributed by atoms with Crippen LogP contribution in [0.25, 0.3) is 0 Å². The van der Waals surface area contributed by atoms with Gasteiger partial charge in [-0.3, -0.25) is 4.90 Å². The van der Waals surface area contributed by atoms with Crippen molar-refractivity contribution >= 4 is 0 Å². The lowest BCUT2D eigenvalue weighted by molar-refractivity contribution is 0.199. The first-order chi connectivity index (χ1) is 6.44. The van der Waals surface area contributed by atoms with E-state index in [1.165, 1.54) is 19.3 Å². The van der Waals surface area contributed by atoms with Gasteiger partial charge in [0.2, 0.25) is 0 Å². The van der Waals surface area contributed by atoms with Crippen LogP contribution in [0.3, 0.4) is 0 Å². The van der Waals surface area contributed by atoms with Gasteiger partial charge in [-0.25, -0.2) is 0 Å². The van der Waals surface area contributed by atoms with E-state index in [0.717, 1.165) is 12.6 Å². The predicted molar refractivity (Wildman–Crippen MR) is 62.1 cm³/mol. The average molecular weight is 193 g/mol. The Hall–Kier alpha value is -0.480. The van der Waals surface area contributed by atoms with Gasteiger partial charge in [0.05, 0.1) is 6.04 Å². The molecule has 1 unspecified atom stereocenters. The Morgan fingerprint density at radius 3 is 2.36 bits per heavy atom. The van der Waals surface area contributed by atoms with Gasteiger partial charge < -0.3 is 0 Å². The number of nitrogens with zero attached hydrogens (tertiary/aromatic N) is 1. The topological polar surface area (TPSA) is 3.24 Å². The lowest BCUT2D eigenvalue weighted by Gasteiger charge is -2.29. The Morgan fingerprint density at radius 2 is 2.00 bits per heavy atom. The molecule has 0 aromatic heterocycles. The molecule has 1 saturated carbocycles. The molecule has 80 valence electrons. The highest BCUT2D eigenvalue weighted by atomic mass is 15.2.